The summed E-state index contributed by atoms with van der Waals surface area (Å²) in [5.41, 5.74) is -2.53. The van der Waals surface area contributed by atoms with Crippen LogP contribution in [0.25, 0.3) is 0 Å². The molecule has 0 aliphatic rings. The first-order valence-electron chi connectivity index (χ1n) is 15.0. The van der Waals surface area contributed by atoms with Gasteiger partial charge in [0.15, 0.2) is 0 Å². The summed E-state index contributed by atoms with van der Waals surface area (Å²) in [5.74, 6) is 0. The molecule has 0 bridgehead atoms. The van der Waals surface area contributed by atoms with E-state index >= 15 is 0 Å². The minimum Gasteiger partial charge on any atom is -0.590 e. The molecule has 0 unspecified atom stereocenters. The largest absolute Gasteiger partial charge is 0.860 e. The molecule has 0 saturated carbocycles. The molecule has 0 aromatic carbocycles. The van der Waals surface area contributed by atoms with Gasteiger partial charge in [-0.3, -0.25) is 0 Å². The van der Waals surface area contributed by atoms with Gasteiger partial charge in [0.05, 0.1) is 38.6 Å². The van der Waals surface area contributed by atoms with Crippen LogP contribution in [-0.4, -0.2) is 94.4 Å². The fraction of sp³-hybridized carbons (Fsp3) is 1.00. The molecule has 0 aliphatic carbocycles. The van der Waals surface area contributed by atoms with E-state index in [2.05, 4.69) is 39.3 Å². The molecule has 0 aromatic rings. The lowest BCUT2D eigenvalue weighted by Gasteiger charge is -2.52. The van der Waals surface area contributed by atoms with Crippen LogP contribution < -0.4 is 0 Å². The topological polar surface area (TPSA) is 94.1 Å². The van der Waals surface area contributed by atoms with Gasteiger partial charge in [-0.05, 0) is 95.5 Å². The zero-order valence-corrected chi connectivity index (χ0v) is 35.3. The maximum atomic E-state index is 11.0. The van der Waals surface area contributed by atoms with E-state index in [-0.39, 0.29) is 0 Å². The van der Waals surface area contributed by atoms with Crippen LogP contribution in [0.1, 0.15) is 90.0 Å². The van der Waals surface area contributed by atoms with Gasteiger partial charge < -0.3 is 37.3 Å². The third-order valence-electron chi connectivity index (χ3n) is 4.56. The Bertz CT molecular complexity index is 692. The number of hydrogen-bond donors (Lipinski definition) is 1. The van der Waals surface area contributed by atoms with Gasteiger partial charge in [-0.1, -0.05) is 46.2 Å². The lowest BCUT2D eigenvalue weighted by Crippen LogP contribution is -2.70. The molecule has 0 amide bonds. The van der Waals surface area contributed by atoms with E-state index in [1.54, 1.807) is 0 Å². The van der Waals surface area contributed by atoms with Gasteiger partial charge in [-0.2, -0.15) is 0 Å². The van der Waals surface area contributed by atoms with E-state index in [1.807, 2.05) is 90.0 Å². The van der Waals surface area contributed by atoms with Crippen LogP contribution in [0.3, 0.4) is 0 Å². The highest BCUT2D eigenvalue weighted by atomic mass is 28.4. The number of hydrogen-bond acceptors (Lipinski definition) is 9. The van der Waals surface area contributed by atoms with Crippen molar-refractivity contribution in [3.05, 3.63) is 0 Å². The Morgan fingerprint density at radius 3 is 1.00 bits per heavy atom. The van der Waals surface area contributed by atoms with Crippen molar-refractivity contribution >= 4 is 48.2 Å². The quantitative estimate of drug-likeness (QED) is 0.175. The molecule has 0 rings (SSSR count). The highest BCUT2D eigenvalue weighted by molar-refractivity contribution is 6.81. The van der Waals surface area contributed by atoms with Gasteiger partial charge in [0, 0.05) is 6.04 Å². The lowest BCUT2D eigenvalue weighted by molar-refractivity contribution is -0.0790. The fourth-order valence-corrected chi connectivity index (χ4v) is 20.6. The number of aliphatic hydroxyl groups is 1. The smallest absolute Gasteiger partial charge is 0.590 e. The fourth-order valence-electron chi connectivity index (χ4n) is 3.69. The van der Waals surface area contributed by atoms with Gasteiger partial charge in [0.1, 0.15) is 6.23 Å². The Labute approximate surface area is 261 Å². The summed E-state index contributed by atoms with van der Waals surface area (Å²) in [5, 5.41) is 11.0. The number of rotatable bonds is 16. The molecule has 1 N–H and O–H groups in total. The van der Waals surface area contributed by atoms with Crippen LogP contribution in [0, 0.1) is 0 Å². The lowest BCUT2D eigenvalue weighted by atomic mass is 10.2. The van der Waals surface area contributed by atoms with Crippen molar-refractivity contribution in [2.75, 3.05) is 18.7 Å². The average Bonchev–Trinajstić information content (AvgIpc) is 2.64. The molecular formula is C27H66AlO9Si4-. The van der Waals surface area contributed by atoms with Crippen molar-refractivity contribution in [1.82, 2.24) is 0 Å². The maximum absolute atomic E-state index is 11.0. The van der Waals surface area contributed by atoms with Crippen molar-refractivity contribution in [3.8, 4) is 0 Å². The zero-order valence-electron chi connectivity index (χ0n) is 30.1. The average molecular weight is 674 g/mol. The first-order valence-corrected chi connectivity index (χ1v) is 28.2. The van der Waals surface area contributed by atoms with Crippen LogP contribution in [0.15, 0.2) is 0 Å². The van der Waals surface area contributed by atoms with Crippen LogP contribution >= 0.6 is 0 Å². The molecule has 0 aromatic heterocycles. The van der Waals surface area contributed by atoms with E-state index in [1.165, 1.54) is 0 Å². The molecule has 0 spiro atoms. The van der Waals surface area contributed by atoms with Crippen LogP contribution in [0.5, 0.6) is 0 Å². The molecule has 14 heteroatoms. The molecule has 0 radical (unpaired) electrons. The highest BCUT2D eigenvalue weighted by Crippen LogP contribution is 2.35. The highest BCUT2D eigenvalue weighted by Gasteiger charge is 2.63. The summed E-state index contributed by atoms with van der Waals surface area (Å²) < 4.78 is 54.1. The third-order valence-corrected chi connectivity index (χ3v) is 18.6. The molecule has 0 heterocycles. The van der Waals surface area contributed by atoms with E-state index in [0.717, 1.165) is 0 Å². The van der Waals surface area contributed by atoms with Gasteiger partial charge in [0.2, 0.25) is 0 Å². The molecule has 0 fully saturated rings. The minimum absolute atomic E-state index is 0.420. The molecular weight excluding hydrogens is 608 g/mol. The summed E-state index contributed by atoms with van der Waals surface area (Å²) in [7, 11) is -11.0. The number of aliphatic hydroxyl groups excluding tert-OH is 1. The van der Waals surface area contributed by atoms with Crippen molar-refractivity contribution in [2.24, 2.45) is 0 Å². The normalized spacial score (nSPS) is 15.5. The van der Waals surface area contributed by atoms with Crippen molar-refractivity contribution < 1.29 is 37.3 Å². The van der Waals surface area contributed by atoms with Crippen LogP contribution in [-0.2, 0) is 32.2 Å². The SMILES string of the molecule is CC[Si](OC(C)(C)C)(OC(C)(C)C)[O][Al-]([O]C[Si](C)(C)C)([O]C[Si](C)(C)C)[O][Si](CO)(OC(C)(C)C)OC(C)(C)C. The standard InChI is InChI=1S/C10H23O3Si.C9H21O4Si.2C4H11OSi.Al/c1-8-14(11,12-9(2,3)4)13-10(5,6)7;1-8(2,3)12-14(11,7-10)13-9(4,5)6;2*1-6(2,3)4-5;/h8H2,1-7H3;10H,7H2,1-6H3;2*4H2,1-3H3;/q4*-1;+3. The zero-order chi connectivity index (χ0) is 33.0. The van der Waals surface area contributed by atoms with E-state index < -0.39 is 76.8 Å². The first kappa shape index (κ1) is 42.0. The second-order valence-corrected chi connectivity index (χ2v) is 36.4. The van der Waals surface area contributed by atoms with Gasteiger partial charge in [-0.15, -0.1) is 0 Å². The van der Waals surface area contributed by atoms with Crippen molar-refractivity contribution in [2.45, 2.75) is 158 Å². The molecule has 41 heavy (non-hydrogen) atoms. The monoisotopic (exact) mass is 673 g/mol. The second-order valence-electron chi connectivity index (χ2n) is 17.3. The van der Waals surface area contributed by atoms with E-state index in [9.17, 15) is 5.11 Å². The molecule has 0 atom stereocenters. The second kappa shape index (κ2) is 14.6. The molecule has 248 valence electrons. The molecule has 9 nitrogen and oxygen atoms in total. The maximum Gasteiger partial charge on any atom is 0.860 e. The Morgan fingerprint density at radius 2 is 0.780 bits per heavy atom. The third kappa shape index (κ3) is 19.2. The summed E-state index contributed by atoms with van der Waals surface area (Å²) in [6, 6.07) is 0.465. The van der Waals surface area contributed by atoms with E-state index in [0.29, 0.717) is 18.5 Å². The molecule has 0 saturated heterocycles. The molecule has 0 aliphatic heterocycles. The predicted octanol–water partition coefficient (Wildman–Crippen LogP) is 6.93. The Hall–Kier alpha value is 1.04. The first-order chi connectivity index (χ1) is 17.8. The van der Waals surface area contributed by atoms with Gasteiger partial charge >= 0.3 is 32.0 Å². The Morgan fingerprint density at radius 1 is 0.512 bits per heavy atom. The van der Waals surface area contributed by atoms with Gasteiger partial charge in [0.25, 0.3) is 0 Å². The Balaban J connectivity index is 7.50. The summed E-state index contributed by atoms with van der Waals surface area (Å²) in [6.07, 6.45) is 0.368. The van der Waals surface area contributed by atoms with Crippen molar-refractivity contribution in [1.29, 1.82) is 0 Å². The predicted molar refractivity (Wildman–Crippen MR) is 179 cm³/mol. The summed E-state index contributed by atoms with van der Waals surface area (Å²) in [6.45, 7) is 38.6. The van der Waals surface area contributed by atoms with Gasteiger partial charge in [-0.25, -0.2) is 0 Å². The Kier molecular flexibility index (Phi) is 15.0. The summed E-state index contributed by atoms with van der Waals surface area (Å²) in [4.78, 5) is 0. The summed E-state index contributed by atoms with van der Waals surface area (Å²) >= 11 is -4.61. The van der Waals surface area contributed by atoms with Crippen LogP contribution in [0.4, 0.5) is 0 Å². The van der Waals surface area contributed by atoms with Crippen LogP contribution in [0.2, 0.25) is 45.3 Å². The van der Waals surface area contributed by atoms with Crippen molar-refractivity contribution in [3.63, 3.8) is 0 Å². The minimum atomic E-state index is -4.61. The van der Waals surface area contributed by atoms with E-state index in [4.69, 9.17) is 32.2 Å².